The molecule has 2 rings (SSSR count). The number of carbonyl (C=O) groups excluding carboxylic acids is 1. The molecule has 0 spiro atoms. The van der Waals surface area contributed by atoms with Crippen molar-refractivity contribution >= 4 is 16.2 Å². The maximum Gasteiger partial charge on any atom is 0.410 e. The fourth-order valence-corrected chi connectivity index (χ4v) is 2.90. The first-order valence-electron chi connectivity index (χ1n) is 7.08. The Morgan fingerprint density at radius 1 is 1.32 bits per heavy atom. The molecule has 0 saturated carbocycles. The van der Waals surface area contributed by atoms with Crippen molar-refractivity contribution in [3.8, 4) is 0 Å². The summed E-state index contributed by atoms with van der Waals surface area (Å²) in [6.07, 6.45) is -0.158. The second-order valence-corrected chi connectivity index (χ2v) is 8.00. The number of fused-ring (bicyclic) bond motifs is 1. The predicted octanol–water partition coefficient (Wildman–Crippen LogP) is 2.37. The summed E-state index contributed by atoms with van der Waals surface area (Å²) in [4.78, 5) is 13.7. The van der Waals surface area contributed by atoms with Crippen LogP contribution in [0.1, 0.15) is 37.5 Å². The van der Waals surface area contributed by atoms with Crippen LogP contribution in [0.3, 0.4) is 0 Å². The highest BCUT2D eigenvalue weighted by molar-refractivity contribution is 7.85. The Labute approximate surface area is 130 Å². The van der Waals surface area contributed by atoms with Crippen LogP contribution >= 0.6 is 0 Å². The quantitative estimate of drug-likeness (QED) is 0.862. The molecule has 22 heavy (non-hydrogen) atoms. The third kappa shape index (κ3) is 4.45. The van der Waals surface area contributed by atoms with Crippen molar-refractivity contribution in [2.75, 3.05) is 5.75 Å². The van der Waals surface area contributed by atoms with Crippen molar-refractivity contribution in [1.29, 1.82) is 0 Å². The second-order valence-electron chi connectivity index (χ2n) is 6.43. The first-order valence-corrected chi connectivity index (χ1v) is 8.69. The van der Waals surface area contributed by atoms with Gasteiger partial charge in [-0.2, -0.15) is 8.42 Å². The van der Waals surface area contributed by atoms with Gasteiger partial charge in [-0.1, -0.05) is 18.2 Å². The molecule has 0 fully saturated rings. The number of carbonyl (C=O) groups is 1. The first kappa shape index (κ1) is 16.8. The van der Waals surface area contributed by atoms with Gasteiger partial charge in [-0.15, -0.1) is 0 Å². The van der Waals surface area contributed by atoms with Crippen LogP contribution in [0.2, 0.25) is 0 Å². The zero-order valence-corrected chi connectivity index (χ0v) is 13.8. The van der Waals surface area contributed by atoms with Gasteiger partial charge in [0.25, 0.3) is 10.1 Å². The molecule has 1 heterocycles. The molecular formula is C15H21NO5S. The third-order valence-corrected chi connectivity index (χ3v) is 4.08. The summed E-state index contributed by atoms with van der Waals surface area (Å²) in [5.41, 5.74) is 2.21. The van der Waals surface area contributed by atoms with Gasteiger partial charge in [-0.25, -0.2) is 4.79 Å². The molecule has 1 aliphatic heterocycles. The number of rotatable bonds is 3. The SMILES string of the molecule is CC(C)(C)OC(=O)N1Cc2cccc(CCS(=O)(=O)O)c2C1. The summed E-state index contributed by atoms with van der Waals surface area (Å²) in [5.74, 6) is -0.324. The molecule has 0 bridgehead atoms. The lowest BCUT2D eigenvalue weighted by Gasteiger charge is -2.24. The van der Waals surface area contributed by atoms with Crippen LogP contribution < -0.4 is 0 Å². The molecule has 1 aliphatic rings. The number of aryl methyl sites for hydroxylation is 1. The van der Waals surface area contributed by atoms with Crippen molar-refractivity contribution in [3.05, 3.63) is 34.9 Å². The molecular weight excluding hydrogens is 306 g/mol. The van der Waals surface area contributed by atoms with Crippen molar-refractivity contribution < 1.29 is 22.5 Å². The summed E-state index contributed by atoms with van der Waals surface area (Å²) in [5, 5.41) is 0. The molecule has 0 aromatic heterocycles. The van der Waals surface area contributed by atoms with Crippen LogP contribution in [0.15, 0.2) is 18.2 Å². The second kappa shape index (κ2) is 5.89. The fraction of sp³-hybridized carbons (Fsp3) is 0.533. The molecule has 0 aliphatic carbocycles. The highest BCUT2D eigenvalue weighted by atomic mass is 32.2. The molecule has 1 aromatic rings. The standard InChI is InChI=1S/C15H21NO5S/c1-15(2,3)21-14(17)16-9-12-6-4-5-11(13(12)10-16)7-8-22(18,19)20/h4-6H,7-10H2,1-3H3,(H,18,19,20). The lowest BCUT2D eigenvalue weighted by Crippen LogP contribution is -2.33. The van der Waals surface area contributed by atoms with Gasteiger partial charge < -0.3 is 4.74 Å². The Kier molecular flexibility index (Phi) is 4.49. The van der Waals surface area contributed by atoms with E-state index in [4.69, 9.17) is 9.29 Å². The fourth-order valence-electron chi connectivity index (χ4n) is 2.42. The Morgan fingerprint density at radius 3 is 2.59 bits per heavy atom. The molecule has 7 heteroatoms. The summed E-state index contributed by atoms with van der Waals surface area (Å²) in [6, 6.07) is 5.57. The van der Waals surface area contributed by atoms with Crippen LogP contribution in [0.5, 0.6) is 0 Å². The average molecular weight is 327 g/mol. The maximum atomic E-state index is 12.1. The van der Waals surface area contributed by atoms with Crippen LogP contribution in [-0.4, -0.2) is 35.3 Å². The molecule has 1 amide bonds. The summed E-state index contributed by atoms with van der Waals surface area (Å²) in [6.45, 7) is 6.28. The van der Waals surface area contributed by atoms with E-state index in [0.29, 0.717) is 13.1 Å². The van der Waals surface area contributed by atoms with E-state index in [1.165, 1.54) is 0 Å². The predicted molar refractivity (Wildman–Crippen MR) is 82.0 cm³/mol. The van der Waals surface area contributed by atoms with Gasteiger partial charge in [0.15, 0.2) is 0 Å². The van der Waals surface area contributed by atoms with E-state index in [0.717, 1.165) is 16.7 Å². The van der Waals surface area contributed by atoms with Crippen LogP contribution in [0.4, 0.5) is 4.79 Å². The zero-order valence-electron chi connectivity index (χ0n) is 13.0. The lowest BCUT2D eigenvalue weighted by atomic mass is 10.0. The monoisotopic (exact) mass is 327 g/mol. The van der Waals surface area contributed by atoms with Crippen LogP contribution in [-0.2, 0) is 34.4 Å². The molecule has 0 radical (unpaired) electrons. The smallest absolute Gasteiger partial charge is 0.410 e. The van der Waals surface area contributed by atoms with Gasteiger partial charge in [0.2, 0.25) is 0 Å². The van der Waals surface area contributed by atoms with E-state index < -0.39 is 15.7 Å². The Morgan fingerprint density at radius 2 is 2.00 bits per heavy atom. The summed E-state index contributed by atoms with van der Waals surface area (Å²) >= 11 is 0. The highest BCUT2D eigenvalue weighted by Gasteiger charge is 2.29. The largest absolute Gasteiger partial charge is 0.444 e. The van der Waals surface area contributed by atoms with Gasteiger partial charge in [0.05, 0.1) is 5.75 Å². The number of ether oxygens (including phenoxy) is 1. The third-order valence-electron chi connectivity index (χ3n) is 3.36. The van der Waals surface area contributed by atoms with Crippen LogP contribution in [0.25, 0.3) is 0 Å². The van der Waals surface area contributed by atoms with Gasteiger partial charge in [-0.05, 0) is 43.9 Å². The molecule has 6 nitrogen and oxygen atoms in total. The lowest BCUT2D eigenvalue weighted by molar-refractivity contribution is 0.0241. The van der Waals surface area contributed by atoms with Gasteiger partial charge >= 0.3 is 6.09 Å². The molecule has 0 atom stereocenters. The summed E-state index contributed by atoms with van der Waals surface area (Å²) in [7, 11) is -4.00. The van der Waals surface area contributed by atoms with E-state index >= 15 is 0 Å². The molecule has 0 saturated heterocycles. The molecule has 122 valence electrons. The van der Waals surface area contributed by atoms with Gasteiger partial charge in [0.1, 0.15) is 5.60 Å². The Balaban J connectivity index is 2.12. The van der Waals surface area contributed by atoms with E-state index in [2.05, 4.69) is 0 Å². The molecule has 1 N–H and O–H groups in total. The molecule has 0 unspecified atom stereocenters. The highest BCUT2D eigenvalue weighted by Crippen LogP contribution is 2.28. The summed E-state index contributed by atoms with van der Waals surface area (Å²) < 4.78 is 36.1. The van der Waals surface area contributed by atoms with Gasteiger partial charge in [0, 0.05) is 13.1 Å². The number of hydrogen-bond donors (Lipinski definition) is 1. The Bertz CT molecular complexity index is 676. The Hall–Kier alpha value is -1.60. The van der Waals surface area contributed by atoms with E-state index in [1.807, 2.05) is 39.0 Å². The average Bonchev–Trinajstić information content (AvgIpc) is 2.77. The first-order chi connectivity index (χ1) is 10.1. The zero-order chi connectivity index (χ0) is 16.5. The minimum atomic E-state index is -4.00. The normalized spacial score (nSPS) is 14.8. The molecule has 1 aromatic carbocycles. The van der Waals surface area contributed by atoms with Gasteiger partial charge in [-0.3, -0.25) is 9.45 Å². The number of benzene rings is 1. The van der Waals surface area contributed by atoms with E-state index in [1.54, 1.807) is 4.90 Å². The van der Waals surface area contributed by atoms with Crippen molar-refractivity contribution in [3.63, 3.8) is 0 Å². The van der Waals surface area contributed by atoms with Crippen molar-refractivity contribution in [2.24, 2.45) is 0 Å². The number of nitrogens with zero attached hydrogens (tertiary/aromatic N) is 1. The maximum absolute atomic E-state index is 12.1. The number of hydrogen-bond acceptors (Lipinski definition) is 4. The van der Waals surface area contributed by atoms with E-state index in [9.17, 15) is 13.2 Å². The minimum Gasteiger partial charge on any atom is -0.444 e. The van der Waals surface area contributed by atoms with Crippen molar-refractivity contribution in [2.45, 2.75) is 45.9 Å². The topological polar surface area (TPSA) is 83.9 Å². The van der Waals surface area contributed by atoms with E-state index in [-0.39, 0.29) is 18.3 Å². The van der Waals surface area contributed by atoms with Crippen LogP contribution in [0, 0.1) is 0 Å². The number of amides is 1. The van der Waals surface area contributed by atoms with Crippen molar-refractivity contribution in [1.82, 2.24) is 4.90 Å². The minimum absolute atomic E-state index is 0.226.